The van der Waals surface area contributed by atoms with E-state index in [2.05, 4.69) is 108 Å². The maximum Gasteiger partial charge on any atom is 0.0535 e. The van der Waals surface area contributed by atoms with Gasteiger partial charge in [0.05, 0.1) is 11.0 Å². The predicted octanol–water partition coefficient (Wildman–Crippen LogP) is 8.26. The van der Waals surface area contributed by atoms with Crippen molar-refractivity contribution in [2.24, 2.45) is 0 Å². The monoisotopic (exact) mass is 375 g/mol. The van der Waals surface area contributed by atoms with Gasteiger partial charge in [0.25, 0.3) is 0 Å². The third kappa shape index (κ3) is 3.36. The molecule has 0 aliphatic heterocycles. The van der Waals surface area contributed by atoms with Crippen LogP contribution >= 0.6 is 0 Å². The van der Waals surface area contributed by atoms with E-state index >= 15 is 0 Å². The second-order valence-corrected chi connectivity index (χ2v) is 6.75. The molecule has 142 valence electrons. The summed E-state index contributed by atoms with van der Waals surface area (Å²) in [6.45, 7) is 8.03. The Morgan fingerprint density at radius 2 is 0.966 bits per heavy atom. The molecule has 0 bridgehead atoms. The maximum atomic E-state index is 4.03. The van der Waals surface area contributed by atoms with Crippen LogP contribution in [0.25, 0.3) is 50.3 Å². The molecule has 0 atom stereocenters. The van der Waals surface area contributed by atoms with Gasteiger partial charge in [0.2, 0.25) is 0 Å². The zero-order valence-electron chi connectivity index (χ0n) is 17.0. The van der Waals surface area contributed by atoms with Crippen molar-refractivity contribution < 1.29 is 0 Å². The highest BCUT2D eigenvalue weighted by atomic mass is 14.9. The van der Waals surface area contributed by atoms with Crippen LogP contribution in [0.5, 0.6) is 0 Å². The van der Waals surface area contributed by atoms with Gasteiger partial charge < -0.3 is 4.57 Å². The smallest absolute Gasteiger partial charge is 0.0535 e. The predicted molar refractivity (Wildman–Crippen MR) is 128 cm³/mol. The van der Waals surface area contributed by atoms with Gasteiger partial charge in [0, 0.05) is 17.0 Å². The minimum absolute atomic E-state index is 1.19. The summed E-state index contributed by atoms with van der Waals surface area (Å²) in [5.74, 6) is 0. The van der Waals surface area contributed by atoms with Crippen LogP contribution in [0.1, 0.15) is 13.8 Å². The lowest BCUT2D eigenvalue weighted by Crippen LogP contribution is -1.84. The Morgan fingerprint density at radius 3 is 1.34 bits per heavy atom. The molecule has 0 aliphatic carbocycles. The molecule has 5 rings (SSSR count). The summed E-state index contributed by atoms with van der Waals surface area (Å²) in [5, 5.41) is 2.51. The standard InChI is InChI=1S/C26H19N.C2H6/c1-2-27-25-15-13-21(19-9-5-3-6-10-19)17-23(25)24-18-22(14-16-26(24)27)20-11-7-4-8-12-20;1-2/h2-18H,1H2;1-2H3. The third-order valence-electron chi connectivity index (χ3n) is 5.20. The Balaban J connectivity index is 0.000000994. The van der Waals surface area contributed by atoms with E-state index in [-0.39, 0.29) is 0 Å². The van der Waals surface area contributed by atoms with Crippen LogP contribution in [-0.2, 0) is 0 Å². The van der Waals surface area contributed by atoms with Crippen LogP contribution in [0.15, 0.2) is 104 Å². The molecule has 4 aromatic carbocycles. The molecule has 0 spiro atoms. The van der Waals surface area contributed by atoms with Crippen molar-refractivity contribution >= 4 is 28.0 Å². The van der Waals surface area contributed by atoms with E-state index in [1.165, 1.54) is 44.1 Å². The normalized spacial score (nSPS) is 10.6. The first kappa shape index (κ1) is 18.8. The molecular formula is C28H25N. The van der Waals surface area contributed by atoms with Gasteiger partial charge in [-0.05, 0) is 46.5 Å². The van der Waals surface area contributed by atoms with E-state index < -0.39 is 0 Å². The Morgan fingerprint density at radius 1 is 0.552 bits per heavy atom. The Bertz CT molecular complexity index is 1160. The maximum absolute atomic E-state index is 4.03. The largest absolute Gasteiger partial charge is 0.317 e. The summed E-state index contributed by atoms with van der Waals surface area (Å²) in [5.41, 5.74) is 7.30. The molecule has 29 heavy (non-hydrogen) atoms. The van der Waals surface area contributed by atoms with Crippen LogP contribution in [0.2, 0.25) is 0 Å². The fourth-order valence-electron chi connectivity index (χ4n) is 3.87. The zero-order valence-corrected chi connectivity index (χ0v) is 17.0. The Labute approximate surface area is 172 Å². The molecule has 1 heterocycles. The van der Waals surface area contributed by atoms with Gasteiger partial charge in [-0.25, -0.2) is 0 Å². The number of rotatable bonds is 3. The van der Waals surface area contributed by atoms with Gasteiger partial charge in [-0.1, -0.05) is 93.2 Å². The lowest BCUT2D eigenvalue weighted by Gasteiger charge is -2.03. The lowest BCUT2D eigenvalue weighted by molar-refractivity contribution is 1.30. The molecule has 0 saturated carbocycles. The number of benzene rings is 4. The molecular weight excluding hydrogens is 350 g/mol. The van der Waals surface area contributed by atoms with E-state index in [4.69, 9.17) is 0 Å². The first-order chi connectivity index (χ1) is 14.3. The van der Waals surface area contributed by atoms with Crippen LogP contribution < -0.4 is 0 Å². The van der Waals surface area contributed by atoms with E-state index in [0.29, 0.717) is 0 Å². The lowest BCUT2D eigenvalue weighted by atomic mass is 10.0. The van der Waals surface area contributed by atoms with Crippen molar-refractivity contribution in [3.8, 4) is 22.3 Å². The van der Waals surface area contributed by atoms with Crippen LogP contribution in [-0.4, -0.2) is 4.57 Å². The number of aromatic nitrogens is 1. The number of hydrogen-bond donors (Lipinski definition) is 0. The van der Waals surface area contributed by atoms with Gasteiger partial charge in [-0.3, -0.25) is 0 Å². The number of hydrogen-bond acceptors (Lipinski definition) is 0. The van der Waals surface area contributed by atoms with E-state index in [1.54, 1.807) is 0 Å². The molecule has 0 radical (unpaired) electrons. The minimum Gasteiger partial charge on any atom is -0.317 e. The van der Waals surface area contributed by atoms with Crippen molar-refractivity contribution in [3.05, 3.63) is 104 Å². The van der Waals surface area contributed by atoms with Gasteiger partial charge >= 0.3 is 0 Å². The highest BCUT2D eigenvalue weighted by Gasteiger charge is 2.11. The fraction of sp³-hybridized carbons (Fsp3) is 0.0714. The third-order valence-corrected chi connectivity index (χ3v) is 5.20. The van der Waals surface area contributed by atoms with Crippen LogP contribution in [0, 0.1) is 0 Å². The van der Waals surface area contributed by atoms with E-state index in [1.807, 2.05) is 20.0 Å². The van der Waals surface area contributed by atoms with Crippen LogP contribution in [0.3, 0.4) is 0 Å². The van der Waals surface area contributed by atoms with Gasteiger partial charge in [0.15, 0.2) is 0 Å². The zero-order chi connectivity index (χ0) is 20.2. The summed E-state index contributed by atoms with van der Waals surface area (Å²) in [7, 11) is 0. The topological polar surface area (TPSA) is 4.93 Å². The highest BCUT2D eigenvalue weighted by molar-refractivity contribution is 6.11. The second kappa shape index (κ2) is 8.20. The summed E-state index contributed by atoms with van der Waals surface area (Å²) in [6.07, 6.45) is 1.90. The fourth-order valence-corrected chi connectivity index (χ4v) is 3.87. The molecule has 5 aromatic rings. The van der Waals surface area contributed by atoms with Crippen molar-refractivity contribution in [2.45, 2.75) is 13.8 Å². The molecule has 1 nitrogen and oxygen atoms in total. The summed E-state index contributed by atoms with van der Waals surface area (Å²) in [4.78, 5) is 0. The van der Waals surface area contributed by atoms with Crippen molar-refractivity contribution in [2.75, 3.05) is 0 Å². The van der Waals surface area contributed by atoms with Crippen molar-refractivity contribution in [1.82, 2.24) is 4.57 Å². The highest BCUT2D eigenvalue weighted by Crippen LogP contribution is 2.35. The molecule has 0 N–H and O–H groups in total. The number of nitrogens with zero attached hydrogens (tertiary/aromatic N) is 1. The van der Waals surface area contributed by atoms with Crippen molar-refractivity contribution in [1.29, 1.82) is 0 Å². The quantitative estimate of drug-likeness (QED) is 0.299. The van der Waals surface area contributed by atoms with Gasteiger partial charge in [-0.2, -0.15) is 0 Å². The Kier molecular flexibility index (Phi) is 5.31. The first-order valence-corrected chi connectivity index (χ1v) is 10.2. The van der Waals surface area contributed by atoms with E-state index in [0.717, 1.165) is 0 Å². The van der Waals surface area contributed by atoms with E-state index in [9.17, 15) is 0 Å². The molecule has 0 saturated heterocycles. The number of fused-ring (bicyclic) bond motifs is 3. The molecule has 0 amide bonds. The minimum atomic E-state index is 1.19. The van der Waals surface area contributed by atoms with Gasteiger partial charge in [-0.15, -0.1) is 0 Å². The molecule has 1 aromatic heterocycles. The van der Waals surface area contributed by atoms with Crippen molar-refractivity contribution in [3.63, 3.8) is 0 Å². The SMILES string of the molecule is C=Cn1c2ccc(-c3ccccc3)cc2c2cc(-c3ccccc3)ccc21.CC. The Hall–Kier alpha value is -3.58. The summed E-state index contributed by atoms with van der Waals surface area (Å²) in [6, 6.07) is 34.4. The molecule has 1 heteroatoms. The van der Waals surface area contributed by atoms with Crippen LogP contribution in [0.4, 0.5) is 0 Å². The summed E-state index contributed by atoms with van der Waals surface area (Å²) >= 11 is 0. The molecule has 0 aliphatic rings. The average molecular weight is 376 g/mol. The second-order valence-electron chi connectivity index (χ2n) is 6.75. The molecule has 0 unspecified atom stereocenters. The van der Waals surface area contributed by atoms with Gasteiger partial charge in [0.1, 0.15) is 0 Å². The average Bonchev–Trinajstić information content (AvgIpc) is 3.13. The first-order valence-electron chi connectivity index (χ1n) is 10.2. The molecule has 0 fully saturated rings. The summed E-state index contributed by atoms with van der Waals surface area (Å²) < 4.78 is 2.17.